The first-order valence-corrected chi connectivity index (χ1v) is 16.2. The molecule has 1 aromatic carbocycles. The molecule has 2 heterocycles. The van der Waals surface area contributed by atoms with E-state index >= 15 is 0 Å². The fourth-order valence-electron chi connectivity index (χ4n) is 3.83. The maximum absolute atomic E-state index is 11.9. The monoisotopic (exact) mass is 578 g/mol. The number of benzene rings is 1. The van der Waals surface area contributed by atoms with Crippen LogP contribution in [0.15, 0.2) is 28.0 Å². The van der Waals surface area contributed by atoms with E-state index in [2.05, 4.69) is 31.5 Å². The third-order valence-electron chi connectivity index (χ3n) is 5.72. The molecular weight excluding hydrogens is 548 g/mol. The Bertz CT molecular complexity index is 1440. The van der Waals surface area contributed by atoms with E-state index in [9.17, 15) is 34.4 Å². The Morgan fingerprint density at radius 3 is 2.14 bits per heavy atom. The van der Waals surface area contributed by atoms with Gasteiger partial charge < -0.3 is 9.80 Å². The topological polar surface area (TPSA) is 200 Å². The molecule has 3 rings (SSSR count). The van der Waals surface area contributed by atoms with Gasteiger partial charge in [0.1, 0.15) is 11.6 Å². The number of rotatable bonds is 11. The highest BCUT2D eigenvalue weighted by atomic mass is 32.2. The summed E-state index contributed by atoms with van der Waals surface area (Å²) in [7, 11) is -12.7. The van der Waals surface area contributed by atoms with Gasteiger partial charge in [0.25, 0.3) is 20.2 Å². The van der Waals surface area contributed by atoms with Crippen LogP contribution in [-0.4, -0.2) is 99.7 Å². The van der Waals surface area contributed by atoms with E-state index in [1.807, 2.05) is 4.90 Å². The van der Waals surface area contributed by atoms with E-state index in [0.29, 0.717) is 31.3 Å². The van der Waals surface area contributed by atoms with Crippen molar-refractivity contribution in [1.29, 1.82) is 0 Å². The van der Waals surface area contributed by atoms with Crippen molar-refractivity contribution < 1.29 is 34.4 Å². The van der Waals surface area contributed by atoms with E-state index in [1.54, 1.807) is 0 Å². The van der Waals surface area contributed by atoms with Gasteiger partial charge in [0.05, 0.1) is 16.0 Å². The molecule has 37 heavy (non-hydrogen) atoms. The fraction of sp³-hybridized carbons (Fsp3) is 0.550. The van der Waals surface area contributed by atoms with Crippen LogP contribution < -0.4 is 9.62 Å². The molecule has 1 aliphatic heterocycles. The number of piperazine rings is 1. The Balaban J connectivity index is 1.97. The predicted molar refractivity (Wildman–Crippen MR) is 134 cm³/mol. The number of likely N-dealkylation sites (N-methyl/N-ethyl adjacent to an activating group) is 1. The zero-order valence-corrected chi connectivity index (χ0v) is 22.9. The van der Waals surface area contributed by atoms with Gasteiger partial charge in [-0.3, -0.25) is 9.11 Å². The van der Waals surface area contributed by atoms with Gasteiger partial charge in [0.15, 0.2) is 0 Å². The summed E-state index contributed by atoms with van der Waals surface area (Å²) in [6, 6.07) is 2.70. The van der Waals surface area contributed by atoms with Gasteiger partial charge >= 0.3 is 0 Å². The minimum Gasteiger partial charge on any atom is -0.338 e. The highest BCUT2D eigenvalue weighted by Crippen LogP contribution is 2.23. The van der Waals surface area contributed by atoms with Crippen molar-refractivity contribution in [3.8, 4) is 0 Å². The number of hydrogen-bond acceptors (Lipinski definition) is 11. The number of sulfonamides is 1. The smallest absolute Gasteiger partial charge is 0.294 e. The lowest BCUT2D eigenvalue weighted by Gasteiger charge is -2.34. The van der Waals surface area contributed by atoms with E-state index < -0.39 is 40.1 Å². The van der Waals surface area contributed by atoms with Gasteiger partial charge in [-0.05, 0) is 36.7 Å². The minimum atomic E-state index is -4.73. The minimum absolute atomic E-state index is 0.117. The zero-order valence-electron chi connectivity index (χ0n) is 20.4. The van der Waals surface area contributed by atoms with Crippen molar-refractivity contribution in [3.05, 3.63) is 35.4 Å². The molecule has 1 aromatic heterocycles. The third kappa shape index (κ3) is 8.62. The van der Waals surface area contributed by atoms with Crippen LogP contribution in [0.1, 0.15) is 30.6 Å². The molecule has 0 saturated carbocycles. The van der Waals surface area contributed by atoms with Gasteiger partial charge in [0, 0.05) is 45.6 Å². The highest BCUT2D eigenvalue weighted by Gasteiger charge is 2.23. The molecule has 0 unspecified atom stereocenters. The summed E-state index contributed by atoms with van der Waals surface area (Å²) in [5.41, 5.74) is -0.129. The number of aryl methyl sites for hydroxylation is 1. The second-order valence-electron chi connectivity index (χ2n) is 8.56. The maximum Gasteiger partial charge on any atom is 0.294 e. The number of aromatic nitrogens is 3. The van der Waals surface area contributed by atoms with E-state index in [0.717, 1.165) is 44.1 Å². The predicted octanol–water partition coefficient (Wildman–Crippen LogP) is -0.420. The number of hydrogen-bond donors (Lipinski definition) is 3. The Morgan fingerprint density at radius 1 is 0.919 bits per heavy atom. The van der Waals surface area contributed by atoms with Gasteiger partial charge in [0.2, 0.25) is 16.0 Å². The quantitative estimate of drug-likeness (QED) is 0.229. The highest BCUT2D eigenvalue weighted by molar-refractivity contribution is 7.88. The Kier molecular flexibility index (Phi) is 9.20. The zero-order chi connectivity index (χ0) is 27.4. The van der Waals surface area contributed by atoms with Crippen LogP contribution in [-0.2, 0) is 43.1 Å². The lowest BCUT2D eigenvalue weighted by molar-refractivity contribution is 0.269. The molecular formula is C20H30N6O8S3. The fourth-order valence-corrected chi connectivity index (χ4v) is 5.58. The Labute approximate surface area is 216 Å². The van der Waals surface area contributed by atoms with Crippen LogP contribution >= 0.6 is 0 Å². The summed E-state index contributed by atoms with van der Waals surface area (Å²) in [4.78, 5) is 16.5. The van der Waals surface area contributed by atoms with E-state index in [-0.39, 0.29) is 30.8 Å². The first-order chi connectivity index (χ1) is 17.2. The summed E-state index contributed by atoms with van der Waals surface area (Å²) >= 11 is 0. The summed E-state index contributed by atoms with van der Waals surface area (Å²) in [6.45, 7) is 5.97. The van der Waals surface area contributed by atoms with Gasteiger partial charge in [-0.1, -0.05) is 6.92 Å². The number of anilines is 1. The van der Waals surface area contributed by atoms with Crippen LogP contribution in [0.4, 0.5) is 5.95 Å². The molecule has 206 valence electrons. The molecule has 2 aromatic rings. The number of nitrogens with one attached hydrogen (secondary N) is 1. The van der Waals surface area contributed by atoms with Crippen molar-refractivity contribution in [2.75, 3.05) is 50.4 Å². The molecule has 0 aliphatic carbocycles. The molecule has 1 fully saturated rings. The Morgan fingerprint density at radius 2 is 1.57 bits per heavy atom. The van der Waals surface area contributed by atoms with Crippen molar-refractivity contribution in [2.45, 2.75) is 36.0 Å². The second kappa shape index (κ2) is 11.6. The molecule has 14 nitrogen and oxygen atoms in total. The molecule has 1 saturated heterocycles. The van der Waals surface area contributed by atoms with Crippen molar-refractivity contribution >= 4 is 36.2 Å². The largest absolute Gasteiger partial charge is 0.338 e. The second-order valence-corrected chi connectivity index (χ2v) is 13.2. The SMILES string of the molecule is CCN1CCN(c2nc(CCCNS(C)(=O)=O)nc(Cc3cc(S(=O)(=O)O)ccc3S(=O)(=O)O)n2)CC1. The first-order valence-electron chi connectivity index (χ1n) is 11.4. The van der Waals surface area contributed by atoms with Crippen LogP contribution in [0.2, 0.25) is 0 Å². The molecule has 0 atom stereocenters. The van der Waals surface area contributed by atoms with E-state index in [1.165, 1.54) is 0 Å². The molecule has 0 radical (unpaired) electrons. The lowest BCUT2D eigenvalue weighted by Crippen LogP contribution is -2.47. The Hall–Kier alpha value is -2.28. The molecule has 0 bridgehead atoms. The van der Waals surface area contributed by atoms with Crippen LogP contribution in [0.5, 0.6) is 0 Å². The van der Waals surface area contributed by atoms with Gasteiger partial charge in [-0.15, -0.1) is 0 Å². The first kappa shape index (κ1) is 29.3. The summed E-state index contributed by atoms with van der Waals surface area (Å²) < 4.78 is 91.2. The molecule has 0 amide bonds. The van der Waals surface area contributed by atoms with Crippen LogP contribution in [0, 0.1) is 0 Å². The maximum atomic E-state index is 11.9. The van der Waals surface area contributed by atoms with E-state index in [4.69, 9.17) is 0 Å². The van der Waals surface area contributed by atoms with Gasteiger partial charge in [-0.25, -0.2) is 18.1 Å². The van der Waals surface area contributed by atoms with Crippen LogP contribution in [0.3, 0.4) is 0 Å². The van der Waals surface area contributed by atoms with Gasteiger partial charge in [-0.2, -0.15) is 26.8 Å². The molecule has 1 aliphatic rings. The third-order valence-corrected chi connectivity index (χ3v) is 8.25. The molecule has 0 spiro atoms. The molecule has 3 N–H and O–H groups in total. The standard InChI is InChI=1S/C20H30N6O8S3/c1-3-25-9-11-26(12-10-25)20-23-18(5-4-8-21-35(2,27)28)22-19(24-20)14-15-13-16(36(29,30)31)6-7-17(15)37(32,33)34/h6-7,13,21H,3-5,8-12,14H2,1-2H3,(H,29,30,31)(H,32,33,34). The normalized spacial score (nSPS) is 15.7. The van der Waals surface area contributed by atoms with Crippen molar-refractivity contribution in [3.63, 3.8) is 0 Å². The number of nitrogens with zero attached hydrogens (tertiary/aromatic N) is 5. The van der Waals surface area contributed by atoms with Crippen LogP contribution in [0.25, 0.3) is 0 Å². The summed E-state index contributed by atoms with van der Waals surface area (Å²) in [6.07, 6.45) is 1.44. The van der Waals surface area contributed by atoms with Crippen molar-refractivity contribution in [2.24, 2.45) is 0 Å². The average Bonchev–Trinajstić information content (AvgIpc) is 2.80. The summed E-state index contributed by atoms with van der Waals surface area (Å²) in [5, 5.41) is 0. The average molecular weight is 579 g/mol. The molecule has 17 heteroatoms. The summed E-state index contributed by atoms with van der Waals surface area (Å²) in [5.74, 6) is 0.810. The van der Waals surface area contributed by atoms with Crippen molar-refractivity contribution in [1.82, 2.24) is 24.6 Å². The lowest BCUT2D eigenvalue weighted by atomic mass is 10.1.